The van der Waals surface area contributed by atoms with E-state index < -0.39 is 0 Å². The van der Waals surface area contributed by atoms with E-state index in [0.717, 1.165) is 6.42 Å². The third-order valence-electron chi connectivity index (χ3n) is 23.7. The molecule has 32 rings (SSSR count). The normalized spacial score (nSPS) is 21.6. The molecule has 0 amide bonds. The highest BCUT2D eigenvalue weighted by Gasteiger charge is 2.62. The van der Waals surface area contributed by atoms with Gasteiger partial charge in [0.15, 0.2) is 0 Å². The monoisotopic (exact) mass is 760 g/mol. The molecule has 0 saturated heterocycles. The molecule has 256 valence electrons. The molecule has 0 aliphatic heterocycles. The van der Waals surface area contributed by atoms with E-state index >= 15 is 0 Å². The number of benzene rings is 18. The van der Waals surface area contributed by atoms with Crippen LogP contribution in [0, 0.1) is 12.3 Å². The van der Waals surface area contributed by atoms with E-state index in [1.165, 1.54) is 0 Å². The lowest BCUT2D eigenvalue weighted by molar-refractivity contribution is 0.489. The van der Waals surface area contributed by atoms with Gasteiger partial charge in [0.05, 0.1) is 0 Å². The molecule has 0 unspecified atom stereocenters. The van der Waals surface area contributed by atoms with Crippen molar-refractivity contribution >= 4 is 291 Å². The summed E-state index contributed by atoms with van der Waals surface area (Å²) in [6.45, 7) is 0. The van der Waals surface area contributed by atoms with Crippen LogP contribution in [0.3, 0.4) is 0 Å². The zero-order chi connectivity index (χ0) is 37.0. The molecule has 0 N–H and O–H groups in total. The first kappa shape index (κ1) is 22.2. The molecule has 4 aliphatic rings. The summed E-state index contributed by atoms with van der Waals surface area (Å²) >= 11 is 0. The number of terminal acetylenes is 1. The van der Waals surface area contributed by atoms with E-state index in [1.807, 2.05) is 0 Å². The molecule has 0 atom stereocenters. The van der Waals surface area contributed by atoms with Gasteiger partial charge in [0.1, 0.15) is 0 Å². The van der Waals surface area contributed by atoms with E-state index in [9.17, 15) is 0 Å². The molecule has 0 spiro atoms. The Morgan fingerprint density at radius 2 is 0.365 bits per heavy atom. The van der Waals surface area contributed by atoms with Crippen molar-refractivity contribution in [3.05, 3.63) is 22.3 Å². The zero-order valence-electron chi connectivity index (χ0n) is 31.9. The van der Waals surface area contributed by atoms with Gasteiger partial charge in [0.25, 0.3) is 0 Å². The minimum Gasteiger partial charge on any atom is -0.120 e. The fourth-order valence-electron chi connectivity index (χ4n) is 23.8. The van der Waals surface area contributed by atoms with Gasteiger partial charge in [-0.15, -0.1) is 12.3 Å². The Labute approximate surface area is 341 Å². The average Bonchev–Trinajstić information content (AvgIpc) is 4.13. The molecule has 0 saturated carbocycles. The number of hydrogen-bond donors (Lipinski definition) is 0. The minimum absolute atomic E-state index is 0.249. The van der Waals surface area contributed by atoms with E-state index in [2.05, 4.69) is 5.92 Å². The predicted octanol–water partition coefficient (Wildman–Crippen LogP) is 17.2. The summed E-state index contributed by atoms with van der Waals surface area (Å²) in [5.74, 6) is 3.82. The van der Waals surface area contributed by atoms with Crippen molar-refractivity contribution in [1.29, 1.82) is 0 Å². The Balaban J connectivity index is 1.31. The first-order valence-corrected chi connectivity index (χ1v) is 23.6. The number of rotatable bonds is 1. The lowest BCUT2D eigenvalue weighted by atomic mass is 9.56. The summed E-state index contributed by atoms with van der Waals surface area (Å²) in [6, 6.07) is 0. The third kappa shape index (κ3) is 1.12. The zero-order valence-corrected chi connectivity index (χ0v) is 31.9. The summed E-state index contributed by atoms with van der Waals surface area (Å²) in [7, 11) is 0. The molecule has 0 radical (unpaired) electrons. The maximum absolute atomic E-state index is 6.99. The van der Waals surface area contributed by atoms with Gasteiger partial charge in [-0.2, -0.15) is 0 Å². The van der Waals surface area contributed by atoms with Crippen molar-refractivity contribution in [2.75, 3.05) is 0 Å². The molecular weight excluding hydrogens is 757 g/mol. The van der Waals surface area contributed by atoms with Crippen LogP contribution in [0.1, 0.15) is 34.6 Å². The smallest absolute Gasteiger partial charge is 0.0447 e. The summed E-state index contributed by atoms with van der Waals surface area (Å²) in [4.78, 5) is 0. The van der Waals surface area contributed by atoms with Crippen molar-refractivity contribution in [3.63, 3.8) is 0 Å². The average molecular weight is 761 g/mol. The molecule has 63 heavy (non-hydrogen) atoms. The van der Waals surface area contributed by atoms with Gasteiger partial charge in [0, 0.05) is 17.8 Å². The second-order valence-corrected chi connectivity index (χ2v) is 23.6. The second kappa shape index (κ2) is 4.85. The molecule has 0 aromatic heterocycles. The highest BCUT2D eigenvalue weighted by Crippen LogP contribution is 2.83. The molecule has 28 aromatic carbocycles. The summed E-state index contributed by atoms with van der Waals surface area (Å²) in [5, 5.41) is 89.2. The fraction of sp³-hybridized carbons (Fsp3) is 0.0476. The van der Waals surface area contributed by atoms with Crippen LogP contribution in [0.25, 0.3) is 291 Å². The first-order chi connectivity index (χ1) is 31.4. The molecule has 0 heteroatoms. The fourth-order valence-corrected chi connectivity index (χ4v) is 23.8. The van der Waals surface area contributed by atoms with E-state index in [4.69, 9.17) is 6.42 Å². The van der Waals surface area contributed by atoms with Crippen molar-refractivity contribution in [1.82, 2.24) is 0 Å². The summed E-state index contributed by atoms with van der Waals surface area (Å²) in [6.07, 6.45) is 7.76. The second-order valence-electron chi connectivity index (χ2n) is 23.6. The van der Waals surface area contributed by atoms with E-state index in [1.54, 1.807) is 313 Å². The van der Waals surface area contributed by atoms with Gasteiger partial charge in [-0.3, -0.25) is 0 Å². The van der Waals surface area contributed by atoms with Crippen LogP contribution in [0.15, 0.2) is 0 Å². The quantitative estimate of drug-likeness (QED) is 0.115. The van der Waals surface area contributed by atoms with Crippen LogP contribution < -0.4 is 0 Å². The maximum Gasteiger partial charge on any atom is 0.0447 e. The largest absolute Gasteiger partial charge is 0.120 e. The predicted molar refractivity (Wildman–Crippen MR) is 268 cm³/mol. The topological polar surface area (TPSA) is 0 Å². The molecule has 0 bridgehead atoms. The Morgan fingerprint density at radius 3 is 0.556 bits per heavy atom. The Hall–Kier alpha value is -7.98. The van der Waals surface area contributed by atoms with Gasteiger partial charge >= 0.3 is 0 Å². The van der Waals surface area contributed by atoms with Crippen molar-refractivity contribution in [2.24, 2.45) is 0 Å². The number of hydrogen-bond acceptors (Lipinski definition) is 0. The van der Waals surface area contributed by atoms with Crippen molar-refractivity contribution < 1.29 is 0 Å². The molecule has 0 fully saturated rings. The highest BCUT2D eigenvalue weighted by atomic mass is 14.6. The SMILES string of the molecule is C#CCC12c3c4c5c6c7c8c(c9c%10c1c1c3c3c%11c4c4c5c5c7c7c%12c8c8c9c9c%10c%10c1c1c3c3c%11c%11c4c4c5c7c5c7c%12c8c8c9c9c%10c1c1c3c3c%11c4c5c4c7c8c9c1c34)C62. The van der Waals surface area contributed by atoms with Crippen LogP contribution in [0.5, 0.6) is 0 Å². The molecule has 0 nitrogen and oxygen atoms in total. The Kier molecular flexibility index (Phi) is 1.71. The van der Waals surface area contributed by atoms with Gasteiger partial charge in [-0.1, -0.05) is 0 Å². The minimum atomic E-state index is -0.278. The third-order valence-corrected chi connectivity index (χ3v) is 23.7. The molecule has 0 heterocycles. The summed E-state index contributed by atoms with van der Waals surface area (Å²) < 4.78 is 0. The Morgan fingerprint density at radius 1 is 0.222 bits per heavy atom. The van der Waals surface area contributed by atoms with Gasteiger partial charge in [-0.05, 0) is 313 Å². The van der Waals surface area contributed by atoms with Gasteiger partial charge in [-0.25, -0.2) is 0 Å². The molecular formula is C63H4. The van der Waals surface area contributed by atoms with Gasteiger partial charge < -0.3 is 0 Å². The first-order valence-electron chi connectivity index (χ1n) is 23.6. The van der Waals surface area contributed by atoms with Crippen molar-refractivity contribution in [2.45, 2.75) is 17.8 Å². The van der Waals surface area contributed by atoms with Crippen LogP contribution in [0.4, 0.5) is 0 Å². The van der Waals surface area contributed by atoms with Crippen LogP contribution >= 0.6 is 0 Å². The lowest BCUT2D eigenvalue weighted by Crippen LogP contribution is -2.36. The van der Waals surface area contributed by atoms with Crippen LogP contribution in [-0.2, 0) is 5.41 Å². The van der Waals surface area contributed by atoms with Crippen LogP contribution in [0.2, 0.25) is 0 Å². The Bertz CT molecular complexity index is 6740. The van der Waals surface area contributed by atoms with E-state index in [0.29, 0.717) is 0 Å². The molecule has 4 aliphatic carbocycles. The van der Waals surface area contributed by atoms with Crippen molar-refractivity contribution in [3.8, 4) is 12.3 Å². The highest BCUT2D eigenvalue weighted by molar-refractivity contribution is 6.82. The lowest BCUT2D eigenvalue weighted by Gasteiger charge is -2.44. The van der Waals surface area contributed by atoms with E-state index in [-0.39, 0.29) is 11.3 Å². The van der Waals surface area contributed by atoms with Gasteiger partial charge in [0.2, 0.25) is 0 Å². The maximum atomic E-state index is 6.99. The van der Waals surface area contributed by atoms with Crippen LogP contribution in [-0.4, -0.2) is 0 Å². The standard InChI is InChI=1S/C63H4/c1-2-3-63-60-56-50-36-28-20-8-5-4-6-9(8)21-23-19-13(6)15-11-7(4)10-14-12(5)18-22(20)34(36)42-40-26(18)24(14)32-30-16(10)17(11)31-33-25(15)27(19)41-43-35(23)37(29(21)28)51(50)57(60)53(43)55-47(41)45(33)49-39(31)38(30)48-44(32)46(40)54(52(42)56)61(63)58(48)59(49)62(55)63/h1,60H,3H2. The summed E-state index contributed by atoms with van der Waals surface area (Å²) in [5.41, 5.74) is 6.50. The molecule has 28 aromatic rings.